The van der Waals surface area contributed by atoms with E-state index in [2.05, 4.69) is 72.5 Å². The molecule has 0 saturated carbocycles. The molecule has 0 spiro atoms. The largest absolute Gasteiger partial charge is 0.374 e. The van der Waals surface area contributed by atoms with Crippen molar-refractivity contribution in [1.29, 1.82) is 0 Å². The lowest BCUT2D eigenvalue weighted by Gasteiger charge is -2.41. The van der Waals surface area contributed by atoms with Gasteiger partial charge in [-0.05, 0) is 64.8 Å². The van der Waals surface area contributed by atoms with Crippen LogP contribution in [0, 0.1) is 0 Å². The van der Waals surface area contributed by atoms with E-state index in [9.17, 15) is 0 Å². The van der Waals surface area contributed by atoms with Crippen LogP contribution in [0.2, 0.25) is 0 Å². The zero-order chi connectivity index (χ0) is 19.7. The zero-order valence-electron chi connectivity index (χ0n) is 18.3. The van der Waals surface area contributed by atoms with Crippen LogP contribution in [-0.4, -0.2) is 49.2 Å². The number of ether oxygens (including phenoxy) is 1. The SMILES string of the molecule is CN=C(NCc1ccc(COC(C)C)cc1)NCC(C)(C)N1CCCCC1.I. The number of nitrogens with one attached hydrogen (secondary N) is 2. The minimum absolute atomic E-state index is 0. The van der Waals surface area contributed by atoms with E-state index >= 15 is 0 Å². The summed E-state index contributed by atoms with van der Waals surface area (Å²) in [6.45, 7) is 13.5. The Balaban J connectivity index is 0.00000392. The molecule has 160 valence electrons. The maximum Gasteiger partial charge on any atom is 0.191 e. The Labute approximate surface area is 188 Å². The van der Waals surface area contributed by atoms with Crippen LogP contribution in [0.5, 0.6) is 0 Å². The van der Waals surface area contributed by atoms with Gasteiger partial charge in [-0.3, -0.25) is 9.89 Å². The van der Waals surface area contributed by atoms with Gasteiger partial charge >= 0.3 is 0 Å². The second-order valence-electron chi connectivity index (χ2n) is 8.32. The molecule has 1 aromatic rings. The second kappa shape index (κ2) is 12.6. The number of rotatable bonds is 8. The van der Waals surface area contributed by atoms with Gasteiger partial charge < -0.3 is 15.4 Å². The van der Waals surface area contributed by atoms with Crippen LogP contribution in [0.3, 0.4) is 0 Å². The molecule has 1 aliphatic heterocycles. The van der Waals surface area contributed by atoms with Crippen LogP contribution in [0.4, 0.5) is 0 Å². The van der Waals surface area contributed by atoms with Crippen LogP contribution in [0.1, 0.15) is 58.1 Å². The highest BCUT2D eigenvalue weighted by molar-refractivity contribution is 14.0. The van der Waals surface area contributed by atoms with Crippen molar-refractivity contribution >= 4 is 29.9 Å². The number of hydrogen-bond donors (Lipinski definition) is 2. The highest BCUT2D eigenvalue weighted by atomic mass is 127. The Bertz CT molecular complexity index is 581. The molecule has 0 amide bonds. The first kappa shape index (κ1) is 25.2. The number of halogens is 1. The van der Waals surface area contributed by atoms with Gasteiger partial charge in [0, 0.05) is 25.7 Å². The molecule has 0 aliphatic carbocycles. The molecular formula is C22H39IN4O. The second-order valence-corrected chi connectivity index (χ2v) is 8.32. The summed E-state index contributed by atoms with van der Waals surface area (Å²) in [5.74, 6) is 0.854. The summed E-state index contributed by atoms with van der Waals surface area (Å²) >= 11 is 0. The predicted molar refractivity (Wildman–Crippen MR) is 129 cm³/mol. The molecule has 5 nitrogen and oxygen atoms in total. The summed E-state index contributed by atoms with van der Waals surface area (Å²) in [7, 11) is 1.83. The van der Waals surface area contributed by atoms with Crippen molar-refractivity contribution in [3.05, 3.63) is 35.4 Å². The van der Waals surface area contributed by atoms with Crippen molar-refractivity contribution in [1.82, 2.24) is 15.5 Å². The summed E-state index contributed by atoms with van der Waals surface area (Å²) < 4.78 is 5.65. The third kappa shape index (κ3) is 8.66. The van der Waals surface area contributed by atoms with Gasteiger partial charge in [-0.25, -0.2) is 0 Å². The first-order valence-corrected chi connectivity index (χ1v) is 10.3. The number of likely N-dealkylation sites (tertiary alicyclic amines) is 1. The van der Waals surface area contributed by atoms with Gasteiger partial charge in [0.15, 0.2) is 5.96 Å². The van der Waals surface area contributed by atoms with Gasteiger partial charge in [0.05, 0.1) is 12.7 Å². The number of benzene rings is 1. The van der Waals surface area contributed by atoms with Crippen LogP contribution < -0.4 is 10.6 Å². The number of hydrogen-bond acceptors (Lipinski definition) is 3. The third-order valence-electron chi connectivity index (χ3n) is 5.19. The fourth-order valence-corrected chi connectivity index (χ4v) is 3.33. The topological polar surface area (TPSA) is 48.9 Å². The van der Waals surface area contributed by atoms with E-state index in [0.717, 1.165) is 19.0 Å². The first-order valence-electron chi connectivity index (χ1n) is 10.3. The van der Waals surface area contributed by atoms with Crippen molar-refractivity contribution < 1.29 is 4.74 Å². The van der Waals surface area contributed by atoms with E-state index in [1.807, 2.05) is 7.05 Å². The van der Waals surface area contributed by atoms with E-state index in [4.69, 9.17) is 4.74 Å². The fourth-order valence-electron chi connectivity index (χ4n) is 3.33. The quantitative estimate of drug-likeness (QED) is 0.319. The summed E-state index contributed by atoms with van der Waals surface area (Å²) in [5.41, 5.74) is 2.58. The van der Waals surface area contributed by atoms with Gasteiger partial charge in [-0.15, -0.1) is 24.0 Å². The molecule has 2 rings (SSSR count). The Morgan fingerprint density at radius 1 is 1.07 bits per heavy atom. The molecule has 0 unspecified atom stereocenters. The Hall–Kier alpha value is -0.860. The number of nitrogens with zero attached hydrogens (tertiary/aromatic N) is 2. The molecule has 0 aromatic heterocycles. The molecule has 28 heavy (non-hydrogen) atoms. The normalized spacial score (nSPS) is 16.0. The lowest BCUT2D eigenvalue weighted by atomic mass is 9.98. The van der Waals surface area contributed by atoms with Crippen LogP contribution in [-0.2, 0) is 17.9 Å². The van der Waals surface area contributed by atoms with Crippen LogP contribution in [0.25, 0.3) is 0 Å². The van der Waals surface area contributed by atoms with Crippen molar-refractivity contribution in [2.45, 2.75) is 71.8 Å². The summed E-state index contributed by atoms with van der Waals surface area (Å²) in [5, 5.41) is 6.92. The maximum absolute atomic E-state index is 5.65. The molecule has 0 atom stereocenters. The van der Waals surface area contributed by atoms with E-state index < -0.39 is 0 Å². The van der Waals surface area contributed by atoms with E-state index in [1.165, 1.54) is 43.5 Å². The van der Waals surface area contributed by atoms with Crippen molar-refractivity contribution in [2.75, 3.05) is 26.7 Å². The highest BCUT2D eigenvalue weighted by Crippen LogP contribution is 2.19. The molecule has 1 aliphatic rings. The van der Waals surface area contributed by atoms with Crippen molar-refractivity contribution in [3.8, 4) is 0 Å². The van der Waals surface area contributed by atoms with E-state index in [1.54, 1.807) is 0 Å². The highest BCUT2D eigenvalue weighted by Gasteiger charge is 2.27. The predicted octanol–water partition coefficient (Wildman–Crippen LogP) is 4.16. The molecule has 6 heteroatoms. The number of aliphatic imine (C=N–C) groups is 1. The van der Waals surface area contributed by atoms with Crippen LogP contribution >= 0.6 is 24.0 Å². The van der Waals surface area contributed by atoms with Gasteiger partial charge in [-0.2, -0.15) is 0 Å². The smallest absolute Gasteiger partial charge is 0.191 e. The standard InChI is InChI=1S/C22H38N4O.HI/c1-18(2)27-16-20-11-9-19(10-12-20)15-24-21(23-5)25-17-22(3,4)26-13-7-6-8-14-26;/h9-12,18H,6-8,13-17H2,1-5H3,(H2,23,24,25);1H. The van der Waals surface area contributed by atoms with E-state index in [0.29, 0.717) is 6.61 Å². The molecule has 0 bridgehead atoms. The van der Waals surface area contributed by atoms with Gasteiger partial charge in [0.2, 0.25) is 0 Å². The first-order chi connectivity index (χ1) is 12.9. The molecular weight excluding hydrogens is 463 g/mol. The summed E-state index contributed by atoms with van der Waals surface area (Å²) in [6.07, 6.45) is 4.25. The monoisotopic (exact) mass is 502 g/mol. The molecule has 1 aromatic carbocycles. The Morgan fingerprint density at radius 3 is 2.25 bits per heavy atom. The molecule has 1 heterocycles. The van der Waals surface area contributed by atoms with Crippen LogP contribution in [0.15, 0.2) is 29.3 Å². The average molecular weight is 502 g/mol. The number of piperidine rings is 1. The molecule has 2 N–H and O–H groups in total. The summed E-state index contributed by atoms with van der Waals surface area (Å²) in [6, 6.07) is 8.57. The van der Waals surface area contributed by atoms with Gasteiger partial charge in [-0.1, -0.05) is 30.7 Å². The minimum Gasteiger partial charge on any atom is -0.374 e. The van der Waals surface area contributed by atoms with E-state index in [-0.39, 0.29) is 35.6 Å². The molecule has 0 radical (unpaired) electrons. The van der Waals surface area contributed by atoms with Gasteiger partial charge in [0.25, 0.3) is 0 Å². The minimum atomic E-state index is 0. The average Bonchev–Trinajstić information content (AvgIpc) is 2.68. The zero-order valence-corrected chi connectivity index (χ0v) is 20.6. The lowest BCUT2D eigenvalue weighted by Crippen LogP contribution is -2.54. The third-order valence-corrected chi connectivity index (χ3v) is 5.19. The Kier molecular flexibility index (Phi) is 11.4. The Morgan fingerprint density at radius 2 is 1.68 bits per heavy atom. The lowest BCUT2D eigenvalue weighted by molar-refractivity contribution is 0.0657. The molecule has 1 fully saturated rings. The fraction of sp³-hybridized carbons (Fsp3) is 0.682. The van der Waals surface area contributed by atoms with Gasteiger partial charge in [0.1, 0.15) is 0 Å². The summed E-state index contributed by atoms with van der Waals surface area (Å²) in [4.78, 5) is 6.97. The van der Waals surface area contributed by atoms with Crippen molar-refractivity contribution in [3.63, 3.8) is 0 Å². The maximum atomic E-state index is 5.65. The van der Waals surface area contributed by atoms with Crippen molar-refractivity contribution in [2.24, 2.45) is 4.99 Å². The number of guanidine groups is 1. The molecule has 1 saturated heterocycles.